The summed E-state index contributed by atoms with van der Waals surface area (Å²) >= 11 is 0. The van der Waals surface area contributed by atoms with E-state index < -0.39 is 0 Å². The van der Waals surface area contributed by atoms with E-state index in [9.17, 15) is 0 Å². The zero-order valence-electron chi connectivity index (χ0n) is 16.9. The van der Waals surface area contributed by atoms with Crippen molar-refractivity contribution < 1.29 is 0 Å². The molecule has 1 aromatic rings. The first-order chi connectivity index (χ1) is 10.5. The Morgan fingerprint density at radius 3 is 1.83 bits per heavy atom. The van der Waals surface area contributed by atoms with E-state index in [1.165, 1.54) is 37.8 Å². The van der Waals surface area contributed by atoms with Gasteiger partial charge in [-0.2, -0.15) is 0 Å². The van der Waals surface area contributed by atoms with Crippen molar-refractivity contribution in [1.29, 1.82) is 0 Å². The third-order valence-electron chi connectivity index (χ3n) is 4.58. The fourth-order valence-corrected chi connectivity index (χ4v) is 4.39. The number of unbranched alkanes of at least 4 members (excludes halogenated alkanes) is 2. The van der Waals surface area contributed by atoms with Gasteiger partial charge in [0.1, 0.15) is 0 Å². The molecule has 1 nitrogen and oxygen atoms in total. The van der Waals surface area contributed by atoms with Crippen LogP contribution in [0.2, 0.25) is 0 Å². The summed E-state index contributed by atoms with van der Waals surface area (Å²) in [5.41, 5.74) is 1.94. The highest BCUT2D eigenvalue weighted by Gasteiger charge is 2.39. The van der Waals surface area contributed by atoms with Gasteiger partial charge in [0, 0.05) is 16.8 Å². The molecular weight excluding hydrogens is 278 g/mol. The molecule has 0 radical (unpaired) electrons. The van der Waals surface area contributed by atoms with Gasteiger partial charge in [0.25, 0.3) is 0 Å². The predicted molar refractivity (Wildman–Crippen MR) is 105 cm³/mol. The van der Waals surface area contributed by atoms with Crippen LogP contribution in [0.3, 0.4) is 0 Å². The fourth-order valence-electron chi connectivity index (χ4n) is 4.39. The third-order valence-corrected chi connectivity index (χ3v) is 4.58. The van der Waals surface area contributed by atoms with Crippen molar-refractivity contribution in [3.8, 4) is 0 Å². The second-order valence-corrected chi connectivity index (χ2v) is 9.49. The molecule has 1 heteroatoms. The third kappa shape index (κ3) is 6.20. The van der Waals surface area contributed by atoms with Crippen LogP contribution in [0, 0.1) is 5.41 Å². The van der Waals surface area contributed by atoms with Gasteiger partial charge in [0.2, 0.25) is 0 Å². The largest absolute Gasteiger partial charge is 0.361 e. The van der Waals surface area contributed by atoms with E-state index in [1.54, 1.807) is 0 Å². The van der Waals surface area contributed by atoms with E-state index in [-0.39, 0.29) is 11.1 Å². The van der Waals surface area contributed by atoms with Crippen molar-refractivity contribution in [2.75, 3.05) is 4.90 Å². The second kappa shape index (κ2) is 7.73. The van der Waals surface area contributed by atoms with E-state index in [2.05, 4.69) is 90.6 Å². The highest BCUT2D eigenvalue weighted by Crippen LogP contribution is 2.40. The molecule has 0 heterocycles. The minimum atomic E-state index is 0.120. The summed E-state index contributed by atoms with van der Waals surface area (Å²) in [5, 5.41) is 0. The molecule has 132 valence electrons. The summed E-state index contributed by atoms with van der Waals surface area (Å²) in [5.74, 6) is 0. The van der Waals surface area contributed by atoms with E-state index in [0.29, 0.717) is 5.41 Å². The van der Waals surface area contributed by atoms with Gasteiger partial charge in [0.15, 0.2) is 0 Å². The first-order valence-electron chi connectivity index (χ1n) is 9.35. The summed E-state index contributed by atoms with van der Waals surface area (Å²) in [6, 6.07) is 11.0. The molecule has 0 aliphatic heterocycles. The lowest BCUT2D eigenvalue weighted by atomic mass is 9.77. The molecular formula is C22H39N. The van der Waals surface area contributed by atoms with Gasteiger partial charge in [-0.25, -0.2) is 0 Å². The minimum Gasteiger partial charge on any atom is -0.361 e. The molecule has 0 unspecified atom stereocenters. The Morgan fingerprint density at radius 2 is 1.35 bits per heavy atom. The van der Waals surface area contributed by atoms with Crippen LogP contribution in [0.25, 0.3) is 0 Å². The summed E-state index contributed by atoms with van der Waals surface area (Å²) in [6.45, 7) is 19.0. The molecule has 0 aromatic heterocycles. The Hall–Kier alpha value is -0.980. The normalized spacial score (nSPS) is 13.2. The Morgan fingerprint density at radius 1 is 0.783 bits per heavy atom. The Kier molecular flexibility index (Phi) is 6.74. The van der Waals surface area contributed by atoms with Crippen molar-refractivity contribution in [2.45, 2.75) is 98.6 Å². The molecule has 0 saturated heterocycles. The lowest BCUT2D eigenvalue weighted by Gasteiger charge is -2.52. The molecule has 0 aliphatic rings. The Labute approximate surface area is 145 Å². The van der Waals surface area contributed by atoms with E-state index in [0.717, 1.165) is 0 Å². The average Bonchev–Trinajstić information content (AvgIpc) is 2.36. The first kappa shape index (κ1) is 20.1. The van der Waals surface area contributed by atoms with Crippen molar-refractivity contribution in [1.82, 2.24) is 0 Å². The fraction of sp³-hybridized carbons (Fsp3) is 0.727. The standard InChI is InChI=1S/C22H39N/c1-9-10-14-17-21(5,6)23(19-15-12-11-13-16-19)22(7,8)18-20(2,3)4/h11-13,15-16H,9-10,14,17-18H2,1-8H3. The lowest BCUT2D eigenvalue weighted by molar-refractivity contribution is 0.229. The maximum atomic E-state index is 2.68. The van der Waals surface area contributed by atoms with Gasteiger partial charge >= 0.3 is 0 Å². The number of benzene rings is 1. The molecule has 0 saturated carbocycles. The van der Waals surface area contributed by atoms with Gasteiger partial charge in [-0.15, -0.1) is 0 Å². The molecule has 0 N–H and O–H groups in total. The molecule has 1 aromatic carbocycles. The quantitative estimate of drug-likeness (QED) is 0.463. The smallest absolute Gasteiger partial charge is 0.0375 e. The maximum Gasteiger partial charge on any atom is 0.0375 e. The number of nitrogens with zero attached hydrogens (tertiary/aromatic N) is 1. The second-order valence-electron chi connectivity index (χ2n) is 9.49. The lowest BCUT2D eigenvalue weighted by Crippen LogP contribution is -2.57. The van der Waals surface area contributed by atoms with Crippen LogP contribution in [0.5, 0.6) is 0 Å². The van der Waals surface area contributed by atoms with Gasteiger partial charge in [-0.1, -0.05) is 65.2 Å². The number of anilines is 1. The summed E-state index contributed by atoms with van der Waals surface area (Å²) in [7, 11) is 0. The van der Waals surface area contributed by atoms with Crippen LogP contribution < -0.4 is 4.90 Å². The van der Waals surface area contributed by atoms with E-state index in [4.69, 9.17) is 0 Å². The number of hydrogen-bond acceptors (Lipinski definition) is 1. The summed E-state index contributed by atoms with van der Waals surface area (Å²) in [6.07, 6.45) is 6.33. The van der Waals surface area contributed by atoms with Crippen molar-refractivity contribution >= 4 is 5.69 Å². The molecule has 0 aliphatic carbocycles. The van der Waals surface area contributed by atoms with Crippen molar-refractivity contribution in [3.63, 3.8) is 0 Å². The molecule has 0 spiro atoms. The number of hydrogen-bond donors (Lipinski definition) is 0. The SMILES string of the molecule is CCCCCC(C)(C)N(c1ccccc1)C(C)(C)CC(C)(C)C. The van der Waals surface area contributed by atoms with Crippen LogP contribution in [0.1, 0.15) is 87.5 Å². The van der Waals surface area contributed by atoms with Crippen LogP contribution in [-0.2, 0) is 0 Å². The van der Waals surface area contributed by atoms with Gasteiger partial charge in [0.05, 0.1) is 0 Å². The number of rotatable bonds is 8. The molecule has 0 bridgehead atoms. The maximum absolute atomic E-state index is 2.68. The zero-order chi connectivity index (χ0) is 17.7. The van der Waals surface area contributed by atoms with E-state index in [1.807, 2.05) is 0 Å². The van der Waals surface area contributed by atoms with Crippen molar-refractivity contribution in [2.24, 2.45) is 5.41 Å². The van der Waals surface area contributed by atoms with Gasteiger partial charge < -0.3 is 4.90 Å². The topological polar surface area (TPSA) is 3.24 Å². The first-order valence-corrected chi connectivity index (χ1v) is 9.35. The molecule has 0 fully saturated rings. The number of para-hydroxylation sites is 1. The predicted octanol–water partition coefficient (Wildman–Crippen LogP) is 7.07. The zero-order valence-corrected chi connectivity index (χ0v) is 16.9. The van der Waals surface area contributed by atoms with E-state index >= 15 is 0 Å². The molecule has 1 rings (SSSR count). The minimum absolute atomic E-state index is 0.120. The monoisotopic (exact) mass is 317 g/mol. The Bertz CT molecular complexity index is 451. The van der Waals surface area contributed by atoms with Gasteiger partial charge in [-0.05, 0) is 58.1 Å². The summed E-state index contributed by atoms with van der Waals surface area (Å²) in [4.78, 5) is 2.68. The molecule has 0 amide bonds. The van der Waals surface area contributed by atoms with Gasteiger partial charge in [-0.3, -0.25) is 0 Å². The average molecular weight is 318 g/mol. The highest BCUT2D eigenvalue weighted by atomic mass is 15.3. The highest BCUT2D eigenvalue weighted by molar-refractivity contribution is 5.51. The Balaban J connectivity index is 3.17. The van der Waals surface area contributed by atoms with Crippen LogP contribution in [0.4, 0.5) is 5.69 Å². The van der Waals surface area contributed by atoms with Crippen LogP contribution in [0.15, 0.2) is 30.3 Å². The summed E-state index contributed by atoms with van der Waals surface area (Å²) < 4.78 is 0. The van der Waals surface area contributed by atoms with Crippen LogP contribution >= 0.6 is 0 Å². The van der Waals surface area contributed by atoms with Crippen molar-refractivity contribution in [3.05, 3.63) is 30.3 Å². The molecule has 0 atom stereocenters. The molecule has 23 heavy (non-hydrogen) atoms. The van der Waals surface area contributed by atoms with Crippen LogP contribution in [-0.4, -0.2) is 11.1 Å².